The van der Waals surface area contributed by atoms with Crippen molar-refractivity contribution in [3.8, 4) is 11.6 Å². The number of ether oxygens (including phenoxy) is 1. The molecule has 0 saturated carbocycles. The molecule has 160 valence electrons. The summed E-state index contributed by atoms with van der Waals surface area (Å²) in [7, 11) is 0. The number of aromatic nitrogens is 2. The molecule has 2 aromatic heterocycles. The number of nitrogens with zero attached hydrogens (tertiary/aromatic N) is 2. The summed E-state index contributed by atoms with van der Waals surface area (Å²) in [5, 5.41) is 2.78. The van der Waals surface area contributed by atoms with Crippen LogP contribution in [-0.4, -0.2) is 40.5 Å². The first kappa shape index (κ1) is 22.2. The van der Waals surface area contributed by atoms with Gasteiger partial charge in [0, 0.05) is 12.6 Å². The molecule has 8 nitrogen and oxygen atoms in total. The smallest absolute Gasteiger partial charge is 0.343 e. The summed E-state index contributed by atoms with van der Waals surface area (Å²) in [5.74, 6) is -1.95. The third kappa shape index (κ3) is 5.15. The van der Waals surface area contributed by atoms with Crippen LogP contribution in [0.25, 0.3) is 11.6 Å². The summed E-state index contributed by atoms with van der Waals surface area (Å²) in [6, 6.07) is 7.02. The van der Waals surface area contributed by atoms with Crippen LogP contribution < -0.4 is 5.32 Å². The van der Waals surface area contributed by atoms with Crippen LogP contribution in [-0.2, 0) is 9.53 Å². The molecule has 0 aliphatic heterocycles. The van der Waals surface area contributed by atoms with Crippen molar-refractivity contribution in [2.45, 2.75) is 18.9 Å². The Labute approximate surface area is 181 Å². The van der Waals surface area contributed by atoms with Gasteiger partial charge in [0.2, 0.25) is 11.7 Å². The molecular weight excluding hydrogens is 425 g/mol. The van der Waals surface area contributed by atoms with Gasteiger partial charge in [0.15, 0.2) is 18.2 Å². The molecule has 0 bridgehead atoms. The third-order valence-electron chi connectivity index (χ3n) is 4.12. The molecular formula is C21H18FN3O5S. The Bertz CT molecular complexity index is 1150. The maximum Gasteiger partial charge on any atom is 0.343 e. The zero-order valence-corrected chi connectivity index (χ0v) is 17.7. The van der Waals surface area contributed by atoms with E-state index < -0.39 is 24.2 Å². The SMILES string of the molecule is CSc1nc(-c2ccco2)nc(C)c1C(=O)OCC(=O)c1ccc(NC(C)=O)cc1F. The fraction of sp³-hybridized carbons (Fsp3) is 0.190. The molecule has 0 unspecified atom stereocenters. The molecule has 0 aliphatic rings. The summed E-state index contributed by atoms with van der Waals surface area (Å²) in [6.45, 7) is 2.24. The quantitative estimate of drug-likeness (QED) is 0.253. The molecule has 1 N–H and O–H groups in total. The van der Waals surface area contributed by atoms with E-state index in [9.17, 15) is 18.8 Å². The van der Waals surface area contributed by atoms with Crippen LogP contribution in [0.5, 0.6) is 0 Å². The number of hydrogen-bond donors (Lipinski definition) is 1. The van der Waals surface area contributed by atoms with Gasteiger partial charge in [-0.05, 0) is 43.5 Å². The minimum Gasteiger partial charge on any atom is -0.461 e. The first-order valence-electron chi connectivity index (χ1n) is 9.04. The molecule has 0 atom stereocenters. The van der Waals surface area contributed by atoms with E-state index in [2.05, 4.69) is 15.3 Å². The molecule has 3 rings (SSSR count). The molecule has 1 amide bonds. The van der Waals surface area contributed by atoms with Gasteiger partial charge in [-0.3, -0.25) is 9.59 Å². The first-order valence-corrected chi connectivity index (χ1v) is 10.3. The van der Waals surface area contributed by atoms with Crippen molar-refractivity contribution in [1.29, 1.82) is 0 Å². The Morgan fingerprint density at radius 2 is 2.00 bits per heavy atom. The van der Waals surface area contributed by atoms with E-state index in [0.717, 1.165) is 6.07 Å². The highest BCUT2D eigenvalue weighted by molar-refractivity contribution is 7.98. The fourth-order valence-corrected chi connectivity index (χ4v) is 3.36. The standard InChI is InChI=1S/C21H18FN3O5S/c1-11-18(20(31-3)25-19(23-11)17-5-4-8-29-17)21(28)30-10-16(27)14-7-6-13(9-15(14)22)24-12(2)26/h4-9H,10H2,1-3H3,(H,24,26). The van der Waals surface area contributed by atoms with Gasteiger partial charge in [-0.2, -0.15) is 0 Å². The molecule has 3 aromatic rings. The zero-order chi connectivity index (χ0) is 22.5. The van der Waals surface area contributed by atoms with E-state index in [-0.39, 0.29) is 22.7 Å². The molecule has 0 radical (unpaired) electrons. The van der Waals surface area contributed by atoms with Crippen LogP contribution >= 0.6 is 11.8 Å². The number of thioether (sulfide) groups is 1. The van der Waals surface area contributed by atoms with Crippen LogP contribution in [0.15, 0.2) is 46.0 Å². The molecule has 31 heavy (non-hydrogen) atoms. The molecule has 1 aromatic carbocycles. The second-order valence-corrected chi connectivity index (χ2v) is 7.16. The number of anilines is 1. The third-order valence-corrected chi connectivity index (χ3v) is 4.80. The lowest BCUT2D eigenvalue weighted by molar-refractivity contribution is -0.114. The van der Waals surface area contributed by atoms with Crippen molar-refractivity contribution >= 4 is 35.1 Å². The van der Waals surface area contributed by atoms with Crippen molar-refractivity contribution in [1.82, 2.24) is 9.97 Å². The van der Waals surface area contributed by atoms with Gasteiger partial charge in [0.05, 0.1) is 17.5 Å². The monoisotopic (exact) mass is 443 g/mol. The minimum atomic E-state index is -0.834. The Morgan fingerprint density at radius 1 is 1.23 bits per heavy atom. The lowest BCUT2D eigenvalue weighted by atomic mass is 10.1. The van der Waals surface area contributed by atoms with Gasteiger partial charge in [0.1, 0.15) is 16.4 Å². The van der Waals surface area contributed by atoms with Crippen LogP contribution in [0.4, 0.5) is 10.1 Å². The maximum absolute atomic E-state index is 14.2. The number of hydrogen-bond acceptors (Lipinski definition) is 8. The van der Waals surface area contributed by atoms with E-state index >= 15 is 0 Å². The van der Waals surface area contributed by atoms with E-state index in [1.807, 2.05) is 0 Å². The predicted octanol–water partition coefficient (Wildman–Crippen LogP) is 3.90. The molecule has 10 heteroatoms. The van der Waals surface area contributed by atoms with Gasteiger partial charge in [-0.25, -0.2) is 19.2 Å². The Morgan fingerprint density at radius 3 is 2.61 bits per heavy atom. The van der Waals surface area contributed by atoms with E-state index in [4.69, 9.17) is 9.15 Å². The molecule has 0 fully saturated rings. The number of halogens is 1. The highest BCUT2D eigenvalue weighted by Gasteiger charge is 2.23. The molecule has 0 spiro atoms. The minimum absolute atomic E-state index is 0.122. The molecule has 2 heterocycles. The second kappa shape index (κ2) is 9.52. The van der Waals surface area contributed by atoms with Crippen molar-refractivity contribution in [2.75, 3.05) is 18.2 Å². The number of ketones is 1. The summed E-state index contributed by atoms with van der Waals surface area (Å²) >= 11 is 1.22. The van der Waals surface area contributed by atoms with Crippen molar-refractivity contribution in [3.05, 3.63) is 59.2 Å². The number of benzene rings is 1. The normalized spacial score (nSPS) is 10.6. The maximum atomic E-state index is 14.2. The summed E-state index contributed by atoms with van der Waals surface area (Å²) in [5.41, 5.74) is 0.437. The number of carbonyl (C=O) groups excluding carboxylic acids is 3. The average Bonchev–Trinajstić information content (AvgIpc) is 3.25. The number of carbonyl (C=O) groups is 3. The number of Topliss-reactive ketones (excluding diaryl/α,β-unsaturated/α-hetero) is 1. The predicted molar refractivity (Wildman–Crippen MR) is 112 cm³/mol. The average molecular weight is 443 g/mol. The Kier molecular flexibility index (Phi) is 6.81. The number of amides is 1. The number of esters is 1. The number of rotatable bonds is 7. The largest absolute Gasteiger partial charge is 0.461 e. The summed E-state index contributed by atoms with van der Waals surface area (Å²) in [4.78, 5) is 44.6. The van der Waals surface area contributed by atoms with E-state index in [1.54, 1.807) is 25.3 Å². The van der Waals surface area contributed by atoms with Crippen molar-refractivity contribution in [2.24, 2.45) is 0 Å². The van der Waals surface area contributed by atoms with Crippen LogP contribution in [0, 0.1) is 12.7 Å². The number of furan rings is 1. The topological polar surface area (TPSA) is 111 Å². The Hall–Kier alpha value is -3.53. The van der Waals surface area contributed by atoms with Crippen LogP contribution in [0.3, 0.4) is 0 Å². The van der Waals surface area contributed by atoms with Gasteiger partial charge in [-0.15, -0.1) is 11.8 Å². The van der Waals surface area contributed by atoms with Crippen LogP contribution in [0.1, 0.15) is 33.3 Å². The second-order valence-electron chi connectivity index (χ2n) is 6.37. The highest BCUT2D eigenvalue weighted by Crippen LogP contribution is 2.26. The van der Waals surface area contributed by atoms with Gasteiger partial charge < -0.3 is 14.5 Å². The van der Waals surface area contributed by atoms with Crippen molar-refractivity contribution in [3.63, 3.8) is 0 Å². The summed E-state index contributed by atoms with van der Waals surface area (Å²) in [6.07, 6.45) is 3.23. The highest BCUT2D eigenvalue weighted by atomic mass is 32.2. The number of aryl methyl sites for hydroxylation is 1. The lowest BCUT2D eigenvalue weighted by Crippen LogP contribution is -2.18. The zero-order valence-electron chi connectivity index (χ0n) is 16.9. The molecule has 0 aliphatic carbocycles. The van der Waals surface area contributed by atoms with Gasteiger partial charge in [-0.1, -0.05) is 0 Å². The number of nitrogens with one attached hydrogen (secondary N) is 1. The van der Waals surface area contributed by atoms with Crippen LogP contribution in [0.2, 0.25) is 0 Å². The summed E-state index contributed by atoms with van der Waals surface area (Å²) < 4.78 is 24.6. The van der Waals surface area contributed by atoms with E-state index in [1.165, 1.54) is 37.1 Å². The van der Waals surface area contributed by atoms with Gasteiger partial charge in [0.25, 0.3) is 0 Å². The van der Waals surface area contributed by atoms with Gasteiger partial charge >= 0.3 is 5.97 Å². The fourth-order valence-electron chi connectivity index (χ4n) is 2.75. The molecule has 0 saturated heterocycles. The van der Waals surface area contributed by atoms with E-state index in [0.29, 0.717) is 22.3 Å². The van der Waals surface area contributed by atoms with Crippen molar-refractivity contribution < 1.29 is 27.9 Å². The first-order chi connectivity index (χ1) is 14.8. The Balaban J connectivity index is 1.75. The lowest BCUT2D eigenvalue weighted by Gasteiger charge is -2.11.